The summed E-state index contributed by atoms with van der Waals surface area (Å²) in [5.41, 5.74) is 0.930. The van der Waals surface area contributed by atoms with Crippen molar-refractivity contribution in [3.8, 4) is 0 Å². The van der Waals surface area contributed by atoms with Crippen LogP contribution in [0.25, 0.3) is 0 Å². The highest BCUT2D eigenvalue weighted by Crippen LogP contribution is 2.16. The van der Waals surface area contributed by atoms with Crippen LogP contribution >= 0.6 is 22.9 Å². The molecule has 2 rings (SSSR count). The molecule has 0 aliphatic carbocycles. The summed E-state index contributed by atoms with van der Waals surface area (Å²) in [4.78, 5) is 4.46. The van der Waals surface area contributed by atoms with Crippen LogP contribution in [0.2, 0.25) is 5.02 Å². The molecular formula is C16H21ClN4O2S2. The Morgan fingerprint density at radius 1 is 1.16 bits per heavy atom. The minimum Gasteiger partial charge on any atom is -0.357 e. The molecule has 9 heteroatoms. The molecule has 0 aliphatic rings. The average Bonchev–Trinajstić information content (AvgIpc) is 3.13. The van der Waals surface area contributed by atoms with E-state index in [1.165, 1.54) is 11.3 Å². The molecule has 0 spiro atoms. The van der Waals surface area contributed by atoms with Crippen LogP contribution in [0.15, 0.2) is 51.0 Å². The average molecular weight is 401 g/mol. The lowest BCUT2D eigenvalue weighted by molar-refractivity contribution is 0.582. The molecule has 25 heavy (non-hydrogen) atoms. The minimum atomic E-state index is -3.44. The van der Waals surface area contributed by atoms with Crippen molar-refractivity contribution in [1.82, 2.24) is 15.4 Å². The molecule has 1 aromatic carbocycles. The van der Waals surface area contributed by atoms with Gasteiger partial charge in [0.05, 0.1) is 6.54 Å². The maximum Gasteiger partial charge on any atom is 0.250 e. The first-order valence-electron chi connectivity index (χ1n) is 7.81. The molecule has 0 bridgehead atoms. The van der Waals surface area contributed by atoms with Crippen LogP contribution in [0, 0.1) is 0 Å². The summed E-state index contributed by atoms with van der Waals surface area (Å²) in [6.45, 7) is 3.78. The van der Waals surface area contributed by atoms with Gasteiger partial charge < -0.3 is 10.6 Å². The quantitative estimate of drug-likeness (QED) is 0.361. The highest BCUT2D eigenvalue weighted by molar-refractivity contribution is 7.91. The first-order valence-corrected chi connectivity index (χ1v) is 10.6. The number of nitrogens with one attached hydrogen (secondary N) is 3. The first kappa shape index (κ1) is 19.7. The van der Waals surface area contributed by atoms with Crippen molar-refractivity contribution in [3.05, 3.63) is 52.4 Å². The van der Waals surface area contributed by atoms with Crippen molar-refractivity contribution in [2.24, 2.45) is 4.99 Å². The Hall–Kier alpha value is -1.61. The van der Waals surface area contributed by atoms with Crippen LogP contribution < -0.4 is 15.4 Å². The number of hydrogen-bond donors (Lipinski definition) is 3. The molecule has 6 nitrogen and oxygen atoms in total. The number of sulfonamides is 1. The van der Waals surface area contributed by atoms with Crippen LogP contribution in [-0.2, 0) is 16.6 Å². The van der Waals surface area contributed by atoms with Gasteiger partial charge in [-0.2, -0.15) is 0 Å². The van der Waals surface area contributed by atoms with E-state index >= 15 is 0 Å². The summed E-state index contributed by atoms with van der Waals surface area (Å²) in [5.74, 6) is 0.609. The second-order valence-corrected chi connectivity index (χ2v) is 8.39. The zero-order valence-electron chi connectivity index (χ0n) is 13.8. The largest absolute Gasteiger partial charge is 0.357 e. The lowest BCUT2D eigenvalue weighted by Gasteiger charge is -2.12. The van der Waals surface area contributed by atoms with E-state index in [-0.39, 0.29) is 6.54 Å². The molecule has 0 radical (unpaired) electrons. The Kier molecular flexibility index (Phi) is 7.70. The number of halogens is 1. The third-order valence-electron chi connectivity index (χ3n) is 3.18. The van der Waals surface area contributed by atoms with E-state index in [2.05, 4.69) is 20.3 Å². The van der Waals surface area contributed by atoms with Crippen LogP contribution in [0.5, 0.6) is 0 Å². The Morgan fingerprint density at radius 2 is 1.96 bits per heavy atom. The summed E-state index contributed by atoms with van der Waals surface area (Å²) in [6.07, 6.45) is 0. The number of rotatable bonds is 8. The smallest absolute Gasteiger partial charge is 0.250 e. The zero-order chi connectivity index (χ0) is 18.1. The van der Waals surface area contributed by atoms with Crippen molar-refractivity contribution in [2.45, 2.75) is 17.7 Å². The number of thiophene rings is 1. The van der Waals surface area contributed by atoms with Crippen molar-refractivity contribution >= 4 is 38.9 Å². The Morgan fingerprint density at radius 3 is 2.64 bits per heavy atom. The molecule has 0 saturated carbocycles. The molecule has 0 saturated heterocycles. The van der Waals surface area contributed by atoms with E-state index in [0.717, 1.165) is 5.56 Å². The monoisotopic (exact) mass is 400 g/mol. The van der Waals surface area contributed by atoms with Gasteiger partial charge in [-0.3, -0.25) is 0 Å². The number of guanidine groups is 1. The van der Waals surface area contributed by atoms with Crippen LogP contribution in [0.3, 0.4) is 0 Å². The van der Waals surface area contributed by atoms with Gasteiger partial charge in [0, 0.05) is 24.7 Å². The molecule has 0 aliphatic heterocycles. The number of nitrogens with zero attached hydrogens (tertiary/aromatic N) is 1. The van der Waals surface area contributed by atoms with Crippen molar-refractivity contribution in [3.63, 3.8) is 0 Å². The molecule has 2 aromatic rings. The standard InChI is InChI=1S/C16H21ClN4O2S2/c1-2-18-16(20-12-13-6-3-4-7-14(13)17)19-9-10-21-25(22,23)15-8-5-11-24-15/h3-8,11,21H,2,9-10,12H2,1H3,(H2,18,19,20). The summed E-state index contributed by atoms with van der Waals surface area (Å²) in [7, 11) is -3.44. The highest BCUT2D eigenvalue weighted by Gasteiger charge is 2.13. The van der Waals surface area contributed by atoms with Crippen LogP contribution in [0.1, 0.15) is 12.5 Å². The summed E-state index contributed by atoms with van der Waals surface area (Å²) in [6, 6.07) is 10.8. The molecule has 3 N–H and O–H groups in total. The van der Waals surface area contributed by atoms with Crippen molar-refractivity contribution in [1.29, 1.82) is 0 Å². The number of aliphatic imine (C=N–C) groups is 1. The van der Waals surface area contributed by atoms with Gasteiger partial charge in [-0.1, -0.05) is 35.9 Å². The Labute approximate surface area is 157 Å². The van der Waals surface area contributed by atoms with Gasteiger partial charge in [0.1, 0.15) is 4.21 Å². The van der Waals surface area contributed by atoms with Gasteiger partial charge in [0.25, 0.3) is 0 Å². The second-order valence-electron chi connectivity index (χ2n) is 5.04. The second kappa shape index (κ2) is 9.76. The fourth-order valence-corrected chi connectivity index (χ4v) is 4.25. The van der Waals surface area contributed by atoms with E-state index in [9.17, 15) is 8.42 Å². The van der Waals surface area contributed by atoms with E-state index in [0.29, 0.717) is 34.8 Å². The molecule has 1 aromatic heterocycles. The SMILES string of the molecule is CCNC(=NCc1ccccc1Cl)NCCNS(=O)(=O)c1cccs1. The van der Waals surface area contributed by atoms with Gasteiger partial charge in [0.2, 0.25) is 10.0 Å². The van der Waals surface area contributed by atoms with E-state index in [1.54, 1.807) is 17.5 Å². The first-order chi connectivity index (χ1) is 12.0. The Balaban J connectivity index is 1.85. The van der Waals surface area contributed by atoms with Crippen LogP contribution in [-0.4, -0.2) is 34.0 Å². The van der Waals surface area contributed by atoms with Crippen molar-refractivity contribution in [2.75, 3.05) is 19.6 Å². The maximum absolute atomic E-state index is 12.0. The molecule has 0 atom stereocenters. The van der Waals surface area contributed by atoms with Gasteiger partial charge in [-0.05, 0) is 30.0 Å². The third kappa shape index (κ3) is 6.32. The summed E-state index contributed by atoms with van der Waals surface area (Å²) >= 11 is 7.31. The topological polar surface area (TPSA) is 82.6 Å². The normalized spacial score (nSPS) is 12.2. The lowest BCUT2D eigenvalue weighted by Crippen LogP contribution is -2.41. The van der Waals surface area contributed by atoms with Crippen LogP contribution in [0.4, 0.5) is 0 Å². The number of hydrogen-bond acceptors (Lipinski definition) is 4. The molecule has 136 valence electrons. The molecule has 1 heterocycles. The fourth-order valence-electron chi connectivity index (χ4n) is 1.99. The van der Waals surface area contributed by atoms with E-state index in [1.807, 2.05) is 31.2 Å². The summed E-state index contributed by atoms with van der Waals surface area (Å²) < 4.78 is 26.9. The molecule has 0 amide bonds. The number of benzene rings is 1. The van der Waals surface area contributed by atoms with Gasteiger partial charge in [-0.25, -0.2) is 18.1 Å². The predicted molar refractivity (Wildman–Crippen MR) is 104 cm³/mol. The van der Waals surface area contributed by atoms with Gasteiger partial charge >= 0.3 is 0 Å². The molecular weight excluding hydrogens is 380 g/mol. The molecule has 0 unspecified atom stereocenters. The minimum absolute atomic E-state index is 0.261. The lowest BCUT2D eigenvalue weighted by atomic mass is 10.2. The molecule has 0 fully saturated rings. The maximum atomic E-state index is 12.0. The zero-order valence-corrected chi connectivity index (χ0v) is 16.2. The van der Waals surface area contributed by atoms with Crippen molar-refractivity contribution < 1.29 is 8.42 Å². The van der Waals surface area contributed by atoms with E-state index in [4.69, 9.17) is 11.6 Å². The predicted octanol–water partition coefficient (Wildman–Crippen LogP) is 2.44. The Bertz CT molecular complexity index is 792. The van der Waals surface area contributed by atoms with Gasteiger partial charge in [-0.15, -0.1) is 11.3 Å². The highest BCUT2D eigenvalue weighted by atomic mass is 35.5. The van der Waals surface area contributed by atoms with Gasteiger partial charge in [0.15, 0.2) is 5.96 Å². The fraction of sp³-hybridized carbons (Fsp3) is 0.312. The summed E-state index contributed by atoms with van der Waals surface area (Å²) in [5, 5.41) is 8.62. The van der Waals surface area contributed by atoms with E-state index < -0.39 is 10.0 Å². The third-order valence-corrected chi connectivity index (χ3v) is 6.41.